The summed E-state index contributed by atoms with van der Waals surface area (Å²) in [7, 11) is 1.88. The quantitative estimate of drug-likeness (QED) is 0.502. The van der Waals surface area contributed by atoms with E-state index >= 15 is 0 Å². The molecule has 5 rings (SSSR count). The number of rotatable bonds is 3. The first-order valence-electron chi connectivity index (χ1n) is 7.79. The lowest BCUT2D eigenvalue weighted by molar-refractivity contribution is 0.671. The molecule has 4 aromatic heterocycles. The van der Waals surface area contributed by atoms with E-state index in [1.165, 1.54) is 15.0 Å². The molecule has 0 bridgehead atoms. The van der Waals surface area contributed by atoms with Gasteiger partial charge in [-0.25, -0.2) is 14.6 Å². The van der Waals surface area contributed by atoms with Gasteiger partial charge in [-0.3, -0.25) is 4.68 Å². The van der Waals surface area contributed by atoms with Crippen LogP contribution in [0.2, 0.25) is 0 Å². The average molecular weight is 347 g/mol. The number of hydrogen-bond acceptors (Lipinski definition) is 6. The molecule has 0 atom stereocenters. The maximum Gasteiger partial charge on any atom is 0.221 e. The fourth-order valence-corrected chi connectivity index (χ4v) is 3.86. The zero-order chi connectivity index (χ0) is 16.8. The van der Waals surface area contributed by atoms with E-state index in [-0.39, 0.29) is 0 Å². The second-order valence-corrected chi connectivity index (χ2v) is 6.97. The summed E-state index contributed by atoms with van der Waals surface area (Å²) in [6, 6.07) is 10.5. The second kappa shape index (κ2) is 5.45. The highest BCUT2D eigenvalue weighted by molar-refractivity contribution is 7.19. The summed E-state index contributed by atoms with van der Waals surface area (Å²) in [5, 5.41) is 13.8. The number of fused-ring (bicyclic) bond motifs is 2. The third kappa shape index (κ3) is 2.47. The van der Waals surface area contributed by atoms with Gasteiger partial charge in [-0.15, -0.1) is 16.4 Å². The Hall–Kier alpha value is -3.13. The summed E-state index contributed by atoms with van der Waals surface area (Å²) in [5.74, 6) is 0. The van der Waals surface area contributed by atoms with Gasteiger partial charge in [0.1, 0.15) is 0 Å². The van der Waals surface area contributed by atoms with Crippen LogP contribution in [0.25, 0.3) is 32.6 Å². The summed E-state index contributed by atoms with van der Waals surface area (Å²) in [4.78, 5) is 10.3. The van der Waals surface area contributed by atoms with Crippen LogP contribution < -0.4 is 0 Å². The van der Waals surface area contributed by atoms with E-state index in [9.17, 15) is 0 Å². The third-order valence-electron chi connectivity index (χ3n) is 4.01. The van der Waals surface area contributed by atoms with Crippen molar-refractivity contribution in [1.82, 2.24) is 34.7 Å². The van der Waals surface area contributed by atoms with Gasteiger partial charge in [-0.2, -0.15) is 5.10 Å². The van der Waals surface area contributed by atoms with Gasteiger partial charge in [0.05, 0.1) is 24.6 Å². The number of nitrogens with zero attached hydrogens (tertiary/aromatic N) is 7. The number of aryl methyl sites for hydroxylation is 1. The molecule has 0 spiro atoms. The number of hydrogen-bond donors (Lipinski definition) is 0. The Morgan fingerprint density at radius 1 is 1.16 bits per heavy atom. The molecule has 0 fully saturated rings. The Kier molecular flexibility index (Phi) is 3.10. The Balaban J connectivity index is 1.56. The lowest BCUT2D eigenvalue weighted by Gasteiger charge is -2.00. The summed E-state index contributed by atoms with van der Waals surface area (Å²) in [5.41, 5.74) is 2.92. The molecule has 5 aromatic rings. The van der Waals surface area contributed by atoms with Crippen molar-refractivity contribution >= 4 is 32.7 Å². The maximum absolute atomic E-state index is 4.70. The Labute approximate surface area is 146 Å². The summed E-state index contributed by atoms with van der Waals surface area (Å²) < 4.78 is 4.81. The molecule has 0 aliphatic carbocycles. The minimum absolute atomic E-state index is 0.550. The minimum atomic E-state index is 0.550. The van der Waals surface area contributed by atoms with Crippen molar-refractivity contribution in [2.75, 3.05) is 0 Å². The number of benzene rings is 1. The first-order valence-corrected chi connectivity index (χ1v) is 8.61. The van der Waals surface area contributed by atoms with Crippen LogP contribution >= 0.6 is 11.3 Å². The normalized spacial score (nSPS) is 11.6. The largest absolute Gasteiger partial charge is 0.275 e. The standard InChI is InChI=1S/C17H13N7S/c1-23-9-12(7-19-23)14-8-18-16-17(20-14)24(22-21-16)10-13-6-11-4-2-3-5-15(11)25-13/h2-9H,10H2,1H3. The average Bonchev–Trinajstić information content (AvgIpc) is 3.33. The van der Waals surface area contributed by atoms with Crippen molar-refractivity contribution in [2.24, 2.45) is 7.05 Å². The fourth-order valence-electron chi connectivity index (χ4n) is 2.82. The molecule has 1 aromatic carbocycles. The molecule has 0 radical (unpaired) electrons. The lowest BCUT2D eigenvalue weighted by atomic mass is 10.2. The van der Waals surface area contributed by atoms with E-state index in [1.54, 1.807) is 33.1 Å². The van der Waals surface area contributed by atoms with Crippen molar-refractivity contribution in [1.29, 1.82) is 0 Å². The molecule has 7 nitrogen and oxygen atoms in total. The summed E-state index contributed by atoms with van der Waals surface area (Å²) in [6.07, 6.45) is 5.39. The second-order valence-electron chi connectivity index (χ2n) is 5.80. The highest BCUT2D eigenvalue weighted by Gasteiger charge is 2.12. The molecule has 0 aliphatic heterocycles. The van der Waals surface area contributed by atoms with E-state index in [4.69, 9.17) is 4.98 Å². The molecule has 0 saturated heterocycles. The molecule has 25 heavy (non-hydrogen) atoms. The van der Waals surface area contributed by atoms with Gasteiger partial charge in [-0.05, 0) is 17.5 Å². The van der Waals surface area contributed by atoms with E-state index < -0.39 is 0 Å². The molecule has 0 amide bonds. The van der Waals surface area contributed by atoms with Crippen LogP contribution in [-0.2, 0) is 13.6 Å². The molecule has 122 valence electrons. The van der Waals surface area contributed by atoms with Crippen molar-refractivity contribution in [3.05, 3.63) is 53.8 Å². The van der Waals surface area contributed by atoms with Gasteiger partial charge in [0.2, 0.25) is 5.65 Å². The highest BCUT2D eigenvalue weighted by atomic mass is 32.1. The van der Waals surface area contributed by atoms with Crippen LogP contribution in [0, 0.1) is 0 Å². The van der Waals surface area contributed by atoms with Gasteiger partial charge in [0.25, 0.3) is 0 Å². The Morgan fingerprint density at radius 2 is 2.08 bits per heavy atom. The Bertz CT molecular complexity index is 1170. The minimum Gasteiger partial charge on any atom is -0.275 e. The first kappa shape index (κ1) is 14.2. The van der Waals surface area contributed by atoms with Crippen molar-refractivity contribution in [3.63, 3.8) is 0 Å². The van der Waals surface area contributed by atoms with Crippen molar-refractivity contribution in [2.45, 2.75) is 6.54 Å². The molecular weight excluding hydrogens is 334 g/mol. The molecule has 8 heteroatoms. The fraction of sp³-hybridized carbons (Fsp3) is 0.118. The Morgan fingerprint density at radius 3 is 2.92 bits per heavy atom. The van der Waals surface area contributed by atoms with Crippen LogP contribution in [0.4, 0.5) is 0 Å². The molecule has 0 aliphatic rings. The van der Waals surface area contributed by atoms with Crippen LogP contribution in [0.3, 0.4) is 0 Å². The first-order chi connectivity index (χ1) is 12.3. The predicted octanol–water partition coefficient (Wildman–Crippen LogP) is 2.88. The molecule has 0 unspecified atom stereocenters. The van der Waals surface area contributed by atoms with Crippen LogP contribution in [-0.4, -0.2) is 34.7 Å². The molecule has 0 saturated carbocycles. The van der Waals surface area contributed by atoms with Gasteiger partial charge in [-0.1, -0.05) is 23.4 Å². The topological polar surface area (TPSA) is 74.3 Å². The number of aromatic nitrogens is 7. The van der Waals surface area contributed by atoms with E-state index in [0.717, 1.165) is 11.3 Å². The monoisotopic (exact) mass is 347 g/mol. The molecule has 4 heterocycles. The molecular formula is C17H13N7S. The van der Waals surface area contributed by atoms with E-state index in [0.29, 0.717) is 17.8 Å². The zero-order valence-corrected chi connectivity index (χ0v) is 14.2. The predicted molar refractivity (Wildman–Crippen MR) is 96.2 cm³/mol. The van der Waals surface area contributed by atoms with Gasteiger partial charge < -0.3 is 0 Å². The maximum atomic E-state index is 4.70. The summed E-state index contributed by atoms with van der Waals surface area (Å²) >= 11 is 1.76. The van der Waals surface area contributed by atoms with Gasteiger partial charge >= 0.3 is 0 Å². The third-order valence-corrected chi connectivity index (χ3v) is 5.11. The van der Waals surface area contributed by atoms with Gasteiger partial charge in [0.15, 0.2) is 5.65 Å². The number of thiophene rings is 1. The zero-order valence-electron chi connectivity index (χ0n) is 13.4. The summed E-state index contributed by atoms with van der Waals surface area (Å²) in [6.45, 7) is 0.626. The SMILES string of the molecule is Cn1cc(-c2cnc3nnn(Cc4cc5ccccc5s4)c3n2)cn1. The molecule has 0 N–H and O–H groups in total. The van der Waals surface area contributed by atoms with Crippen LogP contribution in [0.5, 0.6) is 0 Å². The van der Waals surface area contributed by atoms with Crippen LogP contribution in [0.1, 0.15) is 4.88 Å². The van der Waals surface area contributed by atoms with Crippen molar-refractivity contribution in [3.8, 4) is 11.3 Å². The van der Waals surface area contributed by atoms with Gasteiger partial charge in [0, 0.05) is 28.4 Å². The highest BCUT2D eigenvalue weighted by Crippen LogP contribution is 2.26. The lowest BCUT2D eigenvalue weighted by Crippen LogP contribution is -2.02. The van der Waals surface area contributed by atoms with E-state index in [1.807, 2.05) is 13.2 Å². The van der Waals surface area contributed by atoms with Crippen LogP contribution in [0.15, 0.2) is 48.9 Å². The smallest absolute Gasteiger partial charge is 0.221 e. The van der Waals surface area contributed by atoms with E-state index in [2.05, 4.69) is 50.7 Å². The van der Waals surface area contributed by atoms with Crippen molar-refractivity contribution < 1.29 is 0 Å².